The van der Waals surface area contributed by atoms with Gasteiger partial charge in [-0.2, -0.15) is 0 Å². The number of hydrogen-bond acceptors (Lipinski definition) is 7. The molecular formula is C18H29N5O3S. The minimum absolute atomic E-state index is 0.0441. The van der Waals surface area contributed by atoms with E-state index in [1.54, 1.807) is 18.4 Å². The topological polar surface area (TPSA) is 78.9 Å². The van der Waals surface area contributed by atoms with Gasteiger partial charge in [0.15, 0.2) is 0 Å². The van der Waals surface area contributed by atoms with Crippen LogP contribution in [0.5, 0.6) is 0 Å². The molecule has 0 bridgehead atoms. The van der Waals surface area contributed by atoms with Gasteiger partial charge in [0.25, 0.3) is 5.91 Å². The molecule has 1 aromatic heterocycles. The van der Waals surface area contributed by atoms with Gasteiger partial charge in [0, 0.05) is 39.9 Å². The van der Waals surface area contributed by atoms with E-state index >= 15 is 0 Å². The van der Waals surface area contributed by atoms with Gasteiger partial charge in [-0.05, 0) is 32.1 Å². The molecule has 0 saturated carbocycles. The summed E-state index contributed by atoms with van der Waals surface area (Å²) in [4.78, 5) is 31.8. The smallest absolute Gasteiger partial charge is 0.327 e. The number of piperidine rings is 1. The Morgan fingerprint density at radius 1 is 1.22 bits per heavy atom. The third kappa shape index (κ3) is 3.80. The van der Waals surface area contributed by atoms with Crippen molar-refractivity contribution in [3.63, 3.8) is 0 Å². The summed E-state index contributed by atoms with van der Waals surface area (Å²) < 4.78 is 5.08. The van der Waals surface area contributed by atoms with Crippen molar-refractivity contribution in [1.29, 1.82) is 0 Å². The quantitative estimate of drug-likeness (QED) is 0.520. The predicted molar refractivity (Wildman–Crippen MR) is 104 cm³/mol. The Bertz CT molecular complexity index is 684. The zero-order valence-corrected chi connectivity index (χ0v) is 17.4. The Morgan fingerprint density at radius 2 is 1.93 bits per heavy atom. The molecule has 3 rings (SSSR count). The monoisotopic (exact) mass is 395 g/mol. The summed E-state index contributed by atoms with van der Waals surface area (Å²) in [7, 11) is 1.63. The highest BCUT2D eigenvalue weighted by Gasteiger charge is 2.57. The van der Waals surface area contributed by atoms with Crippen LogP contribution in [0.3, 0.4) is 0 Å². The molecule has 2 aliphatic rings. The zero-order valence-electron chi connectivity index (χ0n) is 16.6. The fourth-order valence-electron chi connectivity index (χ4n) is 3.93. The Balaban J connectivity index is 1.78. The number of carbonyl (C=O) groups is 2. The average Bonchev–Trinajstić information content (AvgIpc) is 3.14. The van der Waals surface area contributed by atoms with E-state index in [4.69, 9.17) is 4.74 Å². The molecule has 2 saturated heterocycles. The molecule has 0 unspecified atom stereocenters. The number of anilines is 1. The molecule has 1 spiro atoms. The molecule has 8 nitrogen and oxygen atoms in total. The summed E-state index contributed by atoms with van der Waals surface area (Å²) >= 11 is 1.57. The second kappa shape index (κ2) is 8.10. The molecule has 0 aromatic carbocycles. The van der Waals surface area contributed by atoms with Crippen LogP contribution in [-0.2, 0) is 9.53 Å². The van der Waals surface area contributed by atoms with E-state index < -0.39 is 5.54 Å². The normalized spacial score (nSPS) is 19.8. The van der Waals surface area contributed by atoms with E-state index in [1.807, 2.05) is 11.8 Å². The van der Waals surface area contributed by atoms with Gasteiger partial charge in [0.05, 0.1) is 0 Å². The van der Waals surface area contributed by atoms with E-state index in [-0.39, 0.29) is 11.9 Å². The lowest BCUT2D eigenvalue weighted by molar-refractivity contribution is -0.134. The number of aromatic nitrogens is 2. The summed E-state index contributed by atoms with van der Waals surface area (Å²) in [5.74, 6) is 0.263. The maximum Gasteiger partial charge on any atom is 0.327 e. The fourth-order valence-corrected chi connectivity index (χ4v) is 4.67. The summed E-state index contributed by atoms with van der Waals surface area (Å²) in [6.45, 7) is 9.07. The maximum atomic E-state index is 13.3. The number of urea groups is 1. The van der Waals surface area contributed by atoms with Crippen LogP contribution in [0.4, 0.5) is 9.93 Å². The van der Waals surface area contributed by atoms with Crippen molar-refractivity contribution in [1.82, 2.24) is 20.0 Å². The molecule has 0 radical (unpaired) electrons. The molecule has 0 N–H and O–H groups in total. The molecule has 27 heavy (non-hydrogen) atoms. The van der Waals surface area contributed by atoms with Gasteiger partial charge in [0.2, 0.25) is 5.13 Å². The number of amides is 3. The van der Waals surface area contributed by atoms with Crippen molar-refractivity contribution in [3.8, 4) is 0 Å². The van der Waals surface area contributed by atoms with E-state index in [9.17, 15) is 9.59 Å². The van der Waals surface area contributed by atoms with Crippen molar-refractivity contribution in [3.05, 3.63) is 5.01 Å². The van der Waals surface area contributed by atoms with Crippen LogP contribution < -0.4 is 4.90 Å². The molecule has 0 aliphatic carbocycles. The van der Waals surface area contributed by atoms with Gasteiger partial charge in [-0.15, -0.1) is 10.2 Å². The summed E-state index contributed by atoms with van der Waals surface area (Å²) in [5.41, 5.74) is -0.718. The molecule has 3 amide bonds. The first-order valence-electron chi connectivity index (χ1n) is 9.56. The van der Waals surface area contributed by atoms with Gasteiger partial charge in [-0.25, -0.2) is 4.79 Å². The Hall–Kier alpha value is -1.74. The summed E-state index contributed by atoms with van der Waals surface area (Å²) in [6, 6.07) is -0.148. The van der Waals surface area contributed by atoms with E-state index in [1.165, 1.54) is 4.90 Å². The molecule has 0 atom stereocenters. The van der Waals surface area contributed by atoms with Gasteiger partial charge < -0.3 is 14.5 Å². The van der Waals surface area contributed by atoms with Crippen molar-refractivity contribution < 1.29 is 14.3 Å². The first kappa shape index (κ1) is 20.0. The van der Waals surface area contributed by atoms with Crippen molar-refractivity contribution in [2.45, 2.75) is 45.6 Å². The number of nitrogens with zero attached hydrogens (tertiary/aromatic N) is 5. The molecule has 1 aromatic rings. The van der Waals surface area contributed by atoms with Crippen LogP contribution in [0, 0.1) is 12.8 Å². The van der Waals surface area contributed by atoms with Gasteiger partial charge in [-0.1, -0.05) is 25.2 Å². The third-order valence-corrected chi connectivity index (χ3v) is 6.18. The highest BCUT2D eigenvalue weighted by atomic mass is 32.1. The van der Waals surface area contributed by atoms with E-state index in [2.05, 4.69) is 28.9 Å². The largest absolute Gasteiger partial charge is 0.385 e. The lowest BCUT2D eigenvalue weighted by Crippen LogP contribution is -2.57. The second-order valence-electron chi connectivity index (χ2n) is 7.71. The fraction of sp³-hybridized carbons (Fsp3) is 0.778. The molecule has 9 heteroatoms. The second-order valence-corrected chi connectivity index (χ2v) is 8.87. The first-order valence-corrected chi connectivity index (χ1v) is 10.4. The van der Waals surface area contributed by atoms with Crippen molar-refractivity contribution >= 4 is 28.4 Å². The molecular weight excluding hydrogens is 366 g/mol. The number of methoxy groups -OCH3 is 1. The molecule has 3 heterocycles. The lowest BCUT2D eigenvalue weighted by atomic mass is 9.85. The first-order chi connectivity index (χ1) is 12.9. The predicted octanol–water partition coefficient (Wildman–Crippen LogP) is 2.14. The Morgan fingerprint density at radius 3 is 2.48 bits per heavy atom. The summed E-state index contributed by atoms with van der Waals surface area (Å²) in [6.07, 6.45) is 1.92. The van der Waals surface area contributed by atoms with Crippen LogP contribution in [0.15, 0.2) is 0 Å². The van der Waals surface area contributed by atoms with Crippen LogP contribution in [-0.4, -0.2) is 77.4 Å². The SMILES string of the molecule is COCCCN1C(=O)N(CC(C)C)C2(CCN(c3nnc(C)s3)CC2)C1=O. The van der Waals surface area contributed by atoms with Crippen molar-refractivity contribution in [2.24, 2.45) is 5.92 Å². The highest BCUT2D eigenvalue weighted by molar-refractivity contribution is 7.15. The van der Waals surface area contributed by atoms with Crippen LogP contribution >= 0.6 is 11.3 Å². The number of carbonyl (C=O) groups excluding carboxylic acids is 2. The molecule has 150 valence electrons. The van der Waals surface area contributed by atoms with Gasteiger partial charge >= 0.3 is 6.03 Å². The minimum Gasteiger partial charge on any atom is -0.385 e. The molecule has 2 aliphatic heterocycles. The van der Waals surface area contributed by atoms with E-state index in [0.717, 1.165) is 10.1 Å². The van der Waals surface area contributed by atoms with Gasteiger partial charge in [-0.3, -0.25) is 9.69 Å². The number of hydrogen-bond donors (Lipinski definition) is 0. The van der Waals surface area contributed by atoms with Crippen LogP contribution in [0.25, 0.3) is 0 Å². The van der Waals surface area contributed by atoms with Crippen LogP contribution in [0.2, 0.25) is 0 Å². The Labute approximate surface area is 164 Å². The van der Waals surface area contributed by atoms with Gasteiger partial charge in [0.1, 0.15) is 10.5 Å². The number of ether oxygens (including phenoxy) is 1. The number of rotatable bonds is 7. The molecule has 2 fully saturated rings. The standard InChI is InChI=1S/C18H29N5O3S/c1-13(2)12-23-17(25)22(8-5-11-26-4)15(24)18(23)6-9-21(10-7-18)16-20-19-14(3)27-16/h13H,5-12H2,1-4H3. The number of aryl methyl sites for hydroxylation is 1. The highest BCUT2D eigenvalue weighted by Crippen LogP contribution is 2.39. The van der Waals surface area contributed by atoms with E-state index in [0.29, 0.717) is 58.0 Å². The minimum atomic E-state index is -0.718. The van der Waals surface area contributed by atoms with Crippen molar-refractivity contribution in [2.75, 3.05) is 44.8 Å². The third-order valence-electron chi connectivity index (χ3n) is 5.28. The average molecular weight is 396 g/mol. The Kier molecular flexibility index (Phi) is 6.00. The maximum absolute atomic E-state index is 13.3. The zero-order chi connectivity index (χ0) is 19.6. The number of imide groups is 1. The van der Waals surface area contributed by atoms with Crippen LogP contribution in [0.1, 0.15) is 38.1 Å². The summed E-state index contributed by atoms with van der Waals surface area (Å²) in [5, 5.41) is 10.1. The lowest BCUT2D eigenvalue weighted by Gasteiger charge is -2.42.